The van der Waals surface area contributed by atoms with Crippen LogP contribution in [0.3, 0.4) is 0 Å². The highest BCUT2D eigenvalue weighted by Crippen LogP contribution is 2.25. The zero-order valence-corrected chi connectivity index (χ0v) is 13.7. The topological polar surface area (TPSA) is 81.2 Å². The van der Waals surface area contributed by atoms with E-state index < -0.39 is 27.3 Å². The summed E-state index contributed by atoms with van der Waals surface area (Å²) in [6.45, 7) is 0. The van der Waals surface area contributed by atoms with Crippen LogP contribution < -0.4 is 9.46 Å². The number of hydrogen-bond acceptors (Lipinski definition) is 5. The molecule has 0 spiro atoms. The molecule has 6 nitrogen and oxygen atoms in total. The normalized spacial score (nSPS) is 11.6. The van der Waals surface area contributed by atoms with E-state index in [9.17, 15) is 21.6 Å². The predicted octanol–water partition coefficient (Wildman–Crippen LogP) is 2.83. The summed E-state index contributed by atoms with van der Waals surface area (Å²) in [6.07, 6.45) is -0.157. The average Bonchev–Trinajstić information content (AvgIpc) is 2.50. The molecular formula is C13H11ClF3N3O3S. The lowest BCUT2D eigenvalue weighted by Crippen LogP contribution is -2.22. The second-order valence-electron chi connectivity index (χ2n) is 4.51. The van der Waals surface area contributed by atoms with Crippen LogP contribution in [-0.2, 0) is 16.4 Å². The van der Waals surface area contributed by atoms with Crippen LogP contribution in [0.15, 0.2) is 24.3 Å². The van der Waals surface area contributed by atoms with Crippen molar-refractivity contribution >= 4 is 27.3 Å². The van der Waals surface area contributed by atoms with E-state index in [2.05, 4.69) is 9.97 Å². The van der Waals surface area contributed by atoms with Gasteiger partial charge in [-0.15, -0.1) is 0 Å². The van der Waals surface area contributed by atoms with Crippen molar-refractivity contribution in [2.75, 3.05) is 11.8 Å². The fraction of sp³-hybridized carbons (Fsp3) is 0.231. The van der Waals surface area contributed by atoms with Gasteiger partial charge in [0.05, 0.1) is 12.8 Å². The maximum Gasteiger partial charge on any atom is 0.355 e. The van der Waals surface area contributed by atoms with Crippen LogP contribution in [0.4, 0.5) is 18.9 Å². The van der Waals surface area contributed by atoms with E-state index >= 15 is 0 Å². The molecule has 0 saturated heterocycles. The number of aromatic nitrogens is 2. The second-order valence-corrected chi connectivity index (χ2v) is 6.55. The molecule has 0 atom stereocenters. The summed E-state index contributed by atoms with van der Waals surface area (Å²) in [6, 6.07) is 4.93. The van der Waals surface area contributed by atoms with Gasteiger partial charge in [-0.2, -0.15) is 13.8 Å². The Morgan fingerprint density at radius 2 is 2.04 bits per heavy atom. The predicted molar refractivity (Wildman–Crippen MR) is 81.3 cm³/mol. The van der Waals surface area contributed by atoms with E-state index in [0.717, 1.165) is 6.07 Å². The Bertz CT molecular complexity index is 850. The number of para-hydroxylation sites is 1. The first-order valence-electron chi connectivity index (χ1n) is 6.37. The maximum atomic E-state index is 13.9. The molecule has 2 aromatic rings. The van der Waals surface area contributed by atoms with E-state index in [-0.39, 0.29) is 28.8 Å². The molecule has 1 aromatic heterocycles. The van der Waals surface area contributed by atoms with Gasteiger partial charge in [-0.25, -0.2) is 17.8 Å². The smallest absolute Gasteiger partial charge is 0.355 e. The Balaban J connectivity index is 2.41. The molecule has 1 N–H and O–H groups in total. The van der Waals surface area contributed by atoms with Gasteiger partial charge < -0.3 is 4.74 Å². The molecule has 0 saturated carbocycles. The molecule has 2 rings (SSSR count). The Morgan fingerprint density at radius 3 is 2.67 bits per heavy atom. The molecule has 24 heavy (non-hydrogen) atoms. The van der Waals surface area contributed by atoms with Gasteiger partial charge in [-0.3, -0.25) is 4.72 Å². The quantitative estimate of drug-likeness (QED) is 0.778. The van der Waals surface area contributed by atoms with Crippen molar-refractivity contribution in [3.05, 3.63) is 46.6 Å². The van der Waals surface area contributed by atoms with E-state index in [0.29, 0.717) is 0 Å². The molecule has 0 amide bonds. The molecule has 0 radical (unpaired) electrons. The average molecular weight is 382 g/mol. The molecule has 1 heterocycles. The van der Waals surface area contributed by atoms with Crippen LogP contribution in [-0.4, -0.2) is 31.3 Å². The zero-order valence-electron chi connectivity index (χ0n) is 12.1. The summed E-state index contributed by atoms with van der Waals surface area (Å²) in [4.78, 5) is 7.89. The maximum absolute atomic E-state index is 13.9. The molecule has 1 aromatic carbocycles. The fourth-order valence-corrected chi connectivity index (χ4v) is 2.61. The molecule has 11 heteroatoms. The number of sulfonamides is 1. The lowest BCUT2D eigenvalue weighted by atomic mass is 10.1. The van der Waals surface area contributed by atoms with Crippen molar-refractivity contribution in [2.45, 2.75) is 12.2 Å². The van der Waals surface area contributed by atoms with E-state index in [4.69, 9.17) is 16.3 Å². The fourth-order valence-electron chi connectivity index (χ4n) is 1.81. The summed E-state index contributed by atoms with van der Waals surface area (Å²) in [7, 11) is -3.67. The van der Waals surface area contributed by atoms with Crippen LogP contribution >= 0.6 is 11.6 Å². The zero-order chi connectivity index (χ0) is 17.9. The van der Waals surface area contributed by atoms with Gasteiger partial charge in [0.15, 0.2) is 0 Å². The minimum Gasteiger partial charge on any atom is -0.481 e. The summed E-state index contributed by atoms with van der Waals surface area (Å²) in [5, 5.41) is 0.0583. The number of benzene rings is 1. The molecule has 0 fully saturated rings. The van der Waals surface area contributed by atoms with Gasteiger partial charge >= 0.3 is 5.76 Å². The van der Waals surface area contributed by atoms with Crippen molar-refractivity contribution < 1.29 is 26.3 Å². The highest BCUT2D eigenvalue weighted by molar-refractivity contribution is 7.93. The first-order chi connectivity index (χ1) is 11.2. The Kier molecular flexibility index (Phi) is 5.50. The highest BCUT2D eigenvalue weighted by atomic mass is 35.5. The molecule has 0 aliphatic rings. The second kappa shape index (κ2) is 7.22. The van der Waals surface area contributed by atoms with Crippen molar-refractivity contribution in [3.63, 3.8) is 0 Å². The summed E-state index contributed by atoms with van der Waals surface area (Å²) >= 11 is 5.80. The molecule has 0 aliphatic carbocycles. The summed E-state index contributed by atoms with van der Waals surface area (Å²) in [5.41, 5.74) is -0.538. The van der Waals surface area contributed by atoms with Crippen LogP contribution in [0, 0.1) is 5.82 Å². The molecular weight excluding hydrogens is 371 g/mol. The summed E-state index contributed by atoms with van der Waals surface area (Å²) in [5.74, 6) is -4.46. The largest absolute Gasteiger partial charge is 0.481 e. The van der Waals surface area contributed by atoms with Gasteiger partial charge in [0, 0.05) is 12.5 Å². The van der Waals surface area contributed by atoms with Crippen molar-refractivity contribution in [3.8, 4) is 5.88 Å². The molecule has 0 unspecified atom stereocenters. The molecule has 0 bridgehead atoms. The number of nitrogens with one attached hydrogen (secondary N) is 1. The Hall–Kier alpha value is -2.07. The lowest BCUT2D eigenvalue weighted by Gasteiger charge is -2.13. The number of methoxy groups -OCH3 is 1. The van der Waals surface area contributed by atoms with Gasteiger partial charge in [-0.05, 0) is 11.6 Å². The third kappa shape index (κ3) is 4.26. The lowest BCUT2D eigenvalue weighted by molar-refractivity contribution is 0.236. The third-order valence-electron chi connectivity index (χ3n) is 2.85. The van der Waals surface area contributed by atoms with Crippen LogP contribution in [0.25, 0.3) is 0 Å². The van der Waals surface area contributed by atoms with Gasteiger partial charge in [0.25, 0.3) is 10.0 Å². The number of nitrogens with zero attached hydrogens (tertiary/aromatic N) is 2. The Morgan fingerprint density at radius 1 is 1.33 bits per heavy atom. The number of alkyl halides is 2. The molecule has 0 aliphatic heterocycles. The van der Waals surface area contributed by atoms with Crippen LogP contribution in [0.2, 0.25) is 5.15 Å². The van der Waals surface area contributed by atoms with Gasteiger partial charge in [0.1, 0.15) is 16.8 Å². The van der Waals surface area contributed by atoms with E-state index in [1.165, 1.54) is 25.3 Å². The van der Waals surface area contributed by atoms with Gasteiger partial charge in [0.2, 0.25) is 5.88 Å². The van der Waals surface area contributed by atoms with Crippen LogP contribution in [0.5, 0.6) is 5.88 Å². The highest BCUT2D eigenvalue weighted by Gasteiger charge is 2.26. The van der Waals surface area contributed by atoms with E-state index in [1.54, 1.807) is 4.72 Å². The first-order valence-corrected chi connectivity index (χ1v) is 8.30. The van der Waals surface area contributed by atoms with Crippen LogP contribution in [0.1, 0.15) is 11.4 Å². The Labute approximate surface area is 140 Å². The molecule has 130 valence electrons. The van der Waals surface area contributed by atoms with Crippen molar-refractivity contribution in [2.24, 2.45) is 0 Å². The number of rotatable bonds is 6. The number of anilines is 1. The summed E-state index contributed by atoms with van der Waals surface area (Å²) < 4.78 is 68.0. The minimum absolute atomic E-state index is 0.0583. The standard InChI is InChI=1S/C13H11ClF3N3O3S/c1-23-11-6-9(14)18-10(19-11)5-7-3-2-4-8(15)12(7)20-24(21,22)13(16)17/h2-4,6,13,20H,5H2,1H3. The SMILES string of the molecule is COc1cc(Cl)nc(Cc2cccc(F)c2NS(=O)(=O)C(F)F)n1. The monoisotopic (exact) mass is 381 g/mol. The third-order valence-corrected chi connectivity index (χ3v) is 4.01. The van der Waals surface area contributed by atoms with Crippen molar-refractivity contribution in [1.29, 1.82) is 0 Å². The number of halogens is 4. The number of ether oxygens (including phenoxy) is 1. The number of hydrogen-bond donors (Lipinski definition) is 1. The first kappa shape index (κ1) is 18.3. The van der Waals surface area contributed by atoms with Gasteiger partial charge in [-0.1, -0.05) is 23.7 Å². The van der Waals surface area contributed by atoms with Crippen molar-refractivity contribution in [1.82, 2.24) is 9.97 Å². The minimum atomic E-state index is -5.02. The van der Waals surface area contributed by atoms with E-state index in [1.807, 2.05) is 0 Å².